The Hall–Kier alpha value is -0.861. The minimum absolute atomic E-state index is 0. The van der Waals surface area contributed by atoms with Crippen molar-refractivity contribution in [1.29, 1.82) is 0 Å². The Labute approximate surface area is 113 Å². The second kappa shape index (κ2) is 10.3. The van der Waals surface area contributed by atoms with Gasteiger partial charge in [-0.2, -0.15) is 12.1 Å². The Bertz CT molecular complexity index is 308. The van der Waals surface area contributed by atoms with Crippen LogP contribution in [0.25, 0.3) is 0 Å². The molecule has 3 heteroatoms. The van der Waals surface area contributed by atoms with Crippen LogP contribution in [0.15, 0.2) is 54.6 Å². The minimum atomic E-state index is -0.370. The zero-order chi connectivity index (χ0) is 11.6. The van der Waals surface area contributed by atoms with Gasteiger partial charge in [0, 0.05) is 23.7 Å². The van der Waals surface area contributed by atoms with Crippen LogP contribution in [0.3, 0.4) is 0 Å². The van der Waals surface area contributed by atoms with Crippen LogP contribution in [-0.2, 0) is 28.4 Å². The summed E-state index contributed by atoms with van der Waals surface area (Å²) < 4.78 is 5.19. The van der Waals surface area contributed by atoms with Crippen LogP contribution in [0.5, 0.6) is 0 Å². The van der Waals surface area contributed by atoms with Gasteiger partial charge < -0.3 is 40.2 Å². The van der Waals surface area contributed by atoms with E-state index in [1.807, 2.05) is 54.6 Å². The molecule has 0 aliphatic rings. The SMILES string of the molecule is CC(O)COC[c-]1cccc1.[Fe].[cH-]1[cH-][cH-][cH-][cH-]1. The fourth-order valence-electron chi connectivity index (χ4n) is 1.18. The molecular weight excluding hydrogens is 256 g/mol. The molecule has 2 aromatic rings. The summed E-state index contributed by atoms with van der Waals surface area (Å²) in [6.45, 7) is 2.72. The van der Waals surface area contributed by atoms with E-state index in [0.717, 1.165) is 5.56 Å². The maximum atomic E-state index is 8.86. The fraction of sp³-hybridized carbons (Fsp3) is 0.286. The Morgan fingerprint density at radius 3 is 2.00 bits per heavy atom. The Kier molecular flexibility index (Phi) is 9.78. The molecule has 0 saturated carbocycles. The normalized spacial score (nSPS) is 10.9. The first-order valence-corrected chi connectivity index (χ1v) is 5.42. The van der Waals surface area contributed by atoms with E-state index >= 15 is 0 Å². The summed E-state index contributed by atoms with van der Waals surface area (Å²) in [6.07, 6.45) is -0.370. The maximum absolute atomic E-state index is 8.86. The molecule has 0 aromatic heterocycles. The number of aliphatic hydroxyl groups is 1. The van der Waals surface area contributed by atoms with Crippen LogP contribution in [0.4, 0.5) is 0 Å². The number of hydrogen-bond acceptors (Lipinski definition) is 2. The zero-order valence-corrected chi connectivity index (χ0v) is 11.0. The first-order chi connectivity index (χ1) is 7.79. The summed E-state index contributed by atoms with van der Waals surface area (Å²) in [5.74, 6) is 0. The van der Waals surface area contributed by atoms with Gasteiger partial charge in [-0.25, -0.2) is 12.1 Å². The van der Waals surface area contributed by atoms with Crippen LogP contribution in [-0.4, -0.2) is 17.8 Å². The van der Waals surface area contributed by atoms with E-state index in [0.29, 0.717) is 13.2 Å². The van der Waals surface area contributed by atoms with E-state index in [1.165, 1.54) is 0 Å². The third-order valence-electron chi connectivity index (χ3n) is 1.92. The summed E-state index contributed by atoms with van der Waals surface area (Å²) in [7, 11) is 0. The number of aliphatic hydroxyl groups excluding tert-OH is 1. The summed E-state index contributed by atoms with van der Waals surface area (Å²) in [5, 5.41) is 8.86. The van der Waals surface area contributed by atoms with Gasteiger partial charge >= 0.3 is 0 Å². The van der Waals surface area contributed by atoms with E-state index in [-0.39, 0.29) is 23.2 Å². The van der Waals surface area contributed by atoms with Gasteiger partial charge in [-0.3, -0.25) is 0 Å². The van der Waals surface area contributed by atoms with Gasteiger partial charge in [0.25, 0.3) is 0 Å². The van der Waals surface area contributed by atoms with Crippen molar-refractivity contribution in [2.45, 2.75) is 19.6 Å². The molecule has 1 N–H and O–H groups in total. The molecule has 2 rings (SSSR count). The maximum Gasteiger partial charge on any atom is 0.0745 e. The van der Waals surface area contributed by atoms with Gasteiger partial charge in [0.15, 0.2) is 0 Å². The van der Waals surface area contributed by atoms with Crippen LogP contribution in [0.1, 0.15) is 12.5 Å². The van der Waals surface area contributed by atoms with Crippen LogP contribution in [0.2, 0.25) is 0 Å². The Morgan fingerprint density at radius 2 is 1.59 bits per heavy atom. The largest absolute Gasteiger partial charge is 0.748 e. The first kappa shape index (κ1) is 16.1. The molecule has 0 saturated heterocycles. The third-order valence-corrected chi connectivity index (χ3v) is 1.92. The molecule has 1 unspecified atom stereocenters. The zero-order valence-electron chi connectivity index (χ0n) is 9.90. The van der Waals surface area contributed by atoms with Crippen molar-refractivity contribution in [2.75, 3.05) is 6.61 Å². The van der Waals surface area contributed by atoms with Crippen molar-refractivity contribution in [3.05, 3.63) is 60.2 Å². The molecule has 2 aromatic carbocycles. The molecule has 0 aliphatic heterocycles. The van der Waals surface area contributed by atoms with E-state index in [2.05, 4.69) is 0 Å². The van der Waals surface area contributed by atoms with E-state index in [1.54, 1.807) is 6.92 Å². The molecule has 100 valence electrons. The van der Waals surface area contributed by atoms with E-state index < -0.39 is 0 Å². The van der Waals surface area contributed by atoms with Crippen molar-refractivity contribution >= 4 is 0 Å². The van der Waals surface area contributed by atoms with Crippen LogP contribution >= 0.6 is 0 Å². The summed E-state index contributed by atoms with van der Waals surface area (Å²) in [5.41, 5.74) is 1.16. The molecule has 1 atom stereocenters. The third kappa shape index (κ3) is 8.90. The molecule has 2 nitrogen and oxygen atoms in total. The number of ether oxygens (including phenoxy) is 1. The van der Waals surface area contributed by atoms with E-state index in [9.17, 15) is 0 Å². The minimum Gasteiger partial charge on any atom is -0.748 e. The summed E-state index contributed by atoms with van der Waals surface area (Å²) >= 11 is 0. The van der Waals surface area contributed by atoms with Crippen molar-refractivity contribution < 1.29 is 26.9 Å². The molecule has 17 heavy (non-hydrogen) atoms. The Morgan fingerprint density at radius 1 is 1.12 bits per heavy atom. The fourth-order valence-corrected chi connectivity index (χ4v) is 1.18. The van der Waals surface area contributed by atoms with Crippen molar-refractivity contribution in [2.24, 2.45) is 0 Å². The standard InChI is InChI=1S/C9H13O2.C5H5.Fe/c1-8(10)6-11-7-9-4-2-3-5-9;1-2-4-5-3-1;/h2-5,8,10H,6-7H2,1H3;1-5H;/q-1;-5;. The Balaban J connectivity index is 0.000000360. The van der Waals surface area contributed by atoms with Crippen molar-refractivity contribution in [3.8, 4) is 0 Å². The average Bonchev–Trinajstić information content (AvgIpc) is 2.93. The summed E-state index contributed by atoms with van der Waals surface area (Å²) in [4.78, 5) is 0. The quantitative estimate of drug-likeness (QED) is 0.686. The van der Waals surface area contributed by atoms with Gasteiger partial charge in [0.2, 0.25) is 0 Å². The smallest absolute Gasteiger partial charge is 0.0745 e. The predicted molar refractivity (Wildman–Crippen MR) is 65.4 cm³/mol. The number of hydrogen-bond donors (Lipinski definition) is 1. The van der Waals surface area contributed by atoms with E-state index in [4.69, 9.17) is 9.84 Å². The molecule has 0 radical (unpaired) electrons. The van der Waals surface area contributed by atoms with Gasteiger partial charge in [0.1, 0.15) is 0 Å². The van der Waals surface area contributed by atoms with Crippen LogP contribution < -0.4 is 0 Å². The first-order valence-electron chi connectivity index (χ1n) is 5.42. The molecule has 0 spiro atoms. The van der Waals surface area contributed by atoms with Crippen LogP contribution in [0, 0.1) is 0 Å². The van der Waals surface area contributed by atoms with Gasteiger partial charge in [-0.1, -0.05) is 0 Å². The van der Waals surface area contributed by atoms with Gasteiger partial charge in [0.05, 0.1) is 12.7 Å². The second-order valence-electron chi connectivity index (χ2n) is 3.62. The number of rotatable bonds is 4. The summed E-state index contributed by atoms with van der Waals surface area (Å²) in [6, 6.07) is 18.0. The van der Waals surface area contributed by atoms with Gasteiger partial charge in [-0.05, 0) is 6.92 Å². The van der Waals surface area contributed by atoms with Crippen molar-refractivity contribution in [1.82, 2.24) is 0 Å². The molecule has 0 fully saturated rings. The molecule has 0 heterocycles. The molecule has 0 amide bonds. The van der Waals surface area contributed by atoms with Gasteiger partial charge in [-0.15, -0.1) is 5.56 Å². The monoisotopic (exact) mass is 274 g/mol. The molecule has 0 bridgehead atoms. The molecular formula is C14H18FeO2-6. The topological polar surface area (TPSA) is 29.5 Å². The molecule has 0 aliphatic carbocycles. The predicted octanol–water partition coefficient (Wildman–Crippen LogP) is 2.71. The van der Waals surface area contributed by atoms with Crippen molar-refractivity contribution in [3.63, 3.8) is 0 Å². The average molecular weight is 274 g/mol. The second-order valence-corrected chi connectivity index (χ2v) is 3.62.